The summed E-state index contributed by atoms with van der Waals surface area (Å²) in [6, 6.07) is 12.1. The molecular formula is C19H25NO2. The van der Waals surface area contributed by atoms with Crippen LogP contribution < -0.4 is 5.32 Å². The molecule has 2 N–H and O–H groups in total. The molecule has 0 spiro atoms. The largest absolute Gasteiger partial charge is 0.396 e. The molecule has 0 aromatic heterocycles. The van der Waals surface area contributed by atoms with Gasteiger partial charge < -0.3 is 10.4 Å². The average Bonchev–Trinajstić information content (AvgIpc) is 2.53. The number of nitrogens with one attached hydrogen (secondary N) is 1. The van der Waals surface area contributed by atoms with Crippen LogP contribution in [0.4, 0.5) is 0 Å². The number of benzene rings is 2. The molecule has 2 rings (SSSR count). The fraction of sp³-hybridized carbons (Fsp3) is 0.421. The smallest absolute Gasteiger partial charge is 0.251 e. The quantitative estimate of drug-likeness (QED) is 0.851. The van der Waals surface area contributed by atoms with E-state index < -0.39 is 0 Å². The molecule has 0 saturated heterocycles. The van der Waals surface area contributed by atoms with Crippen molar-refractivity contribution in [3.63, 3.8) is 0 Å². The second-order valence-electron chi connectivity index (χ2n) is 5.98. The summed E-state index contributed by atoms with van der Waals surface area (Å²) in [5.41, 5.74) is 2.00. The summed E-state index contributed by atoms with van der Waals surface area (Å²) in [5, 5.41) is 14.1. The normalized spacial score (nSPS) is 13.8. The Balaban J connectivity index is 2.29. The van der Waals surface area contributed by atoms with Crippen molar-refractivity contribution in [1.82, 2.24) is 5.32 Å². The van der Waals surface area contributed by atoms with Crippen LogP contribution in [0.25, 0.3) is 10.8 Å². The Labute approximate surface area is 132 Å². The fourth-order valence-electron chi connectivity index (χ4n) is 2.67. The minimum Gasteiger partial charge on any atom is -0.396 e. The number of aliphatic hydroxyl groups is 1. The Morgan fingerprint density at radius 2 is 2.00 bits per heavy atom. The monoisotopic (exact) mass is 299 g/mol. The third kappa shape index (κ3) is 3.66. The summed E-state index contributed by atoms with van der Waals surface area (Å²) in [5.74, 6) is 0.421. The Hall–Kier alpha value is -1.87. The first kappa shape index (κ1) is 16.5. The van der Waals surface area contributed by atoms with Gasteiger partial charge in [-0.3, -0.25) is 4.79 Å². The van der Waals surface area contributed by atoms with Gasteiger partial charge in [0.1, 0.15) is 0 Å². The topological polar surface area (TPSA) is 49.3 Å². The Morgan fingerprint density at radius 3 is 2.68 bits per heavy atom. The van der Waals surface area contributed by atoms with Crippen molar-refractivity contribution in [1.29, 1.82) is 0 Å². The minimum atomic E-state index is -0.0863. The van der Waals surface area contributed by atoms with Gasteiger partial charge in [-0.1, -0.05) is 38.1 Å². The summed E-state index contributed by atoms with van der Waals surface area (Å²) in [7, 11) is 0. The zero-order chi connectivity index (χ0) is 16.1. The lowest BCUT2D eigenvalue weighted by atomic mass is 9.92. The number of rotatable bonds is 6. The van der Waals surface area contributed by atoms with E-state index in [-0.39, 0.29) is 18.6 Å². The highest BCUT2D eigenvalue weighted by molar-refractivity contribution is 5.99. The Bertz CT molecular complexity index is 651. The standard InChI is InChI=1S/C19H25NO2/c1-4-13(2)17-7-5-6-15-12-16(8-9-18(15)17)19(22)20-14(3)10-11-21/h5-9,12-14,21H,4,10-11H2,1-3H3,(H,20,22). The molecule has 2 aromatic carbocycles. The van der Waals surface area contributed by atoms with Crippen molar-refractivity contribution < 1.29 is 9.90 Å². The summed E-state index contributed by atoms with van der Waals surface area (Å²) >= 11 is 0. The van der Waals surface area contributed by atoms with Crippen molar-refractivity contribution in [2.45, 2.75) is 45.6 Å². The van der Waals surface area contributed by atoms with Crippen LogP contribution in [0.2, 0.25) is 0 Å². The molecule has 22 heavy (non-hydrogen) atoms. The van der Waals surface area contributed by atoms with Crippen LogP contribution in [0.3, 0.4) is 0 Å². The third-order valence-electron chi connectivity index (χ3n) is 4.26. The zero-order valence-corrected chi connectivity index (χ0v) is 13.6. The SMILES string of the molecule is CCC(C)c1cccc2cc(C(=O)NC(C)CCO)ccc12. The highest BCUT2D eigenvalue weighted by atomic mass is 16.3. The average molecular weight is 299 g/mol. The molecular weight excluding hydrogens is 274 g/mol. The number of hydrogen-bond donors (Lipinski definition) is 2. The summed E-state index contributed by atoms with van der Waals surface area (Å²) in [6.45, 7) is 6.40. The van der Waals surface area contributed by atoms with Gasteiger partial charge >= 0.3 is 0 Å². The molecule has 0 radical (unpaired) electrons. The van der Waals surface area contributed by atoms with Crippen LogP contribution in [0, 0.1) is 0 Å². The van der Waals surface area contributed by atoms with Gasteiger partial charge in [-0.15, -0.1) is 0 Å². The lowest BCUT2D eigenvalue weighted by Gasteiger charge is -2.15. The number of hydrogen-bond acceptors (Lipinski definition) is 2. The van der Waals surface area contributed by atoms with Crippen molar-refractivity contribution in [3.8, 4) is 0 Å². The lowest BCUT2D eigenvalue weighted by Crippen LogP contribution is -2.33. The van der Waals surface area contributed by atoms with Gasteiger partial charge in [0.05, 0.1) is 0 Å². The van der Waals surface area contributed by atoms with Crippen molar-refractivity contribution >= 4 is 16.7 Å². The van der Waals surface area contributed by atoms with Gasteiger partial charge in [0.2, 0.25) is 0 Å². The molecule has 1 amide bonds. The lowest BCUT2D eigenvalue weighted by molar-refractivity contribution is 0.0934. The predicted octanol–water partition coefficient (Wildman–Crippen LogP) is 3.85. The number of carbonyl (C=O) groups is 1. The minimum absolute atomic E-state index is 0.0281. The molecule has 0 aliphatic carbocycles. The number of aliphatic hydroxyl groups excluding tert-OH is 1. The van der Waals surface area contributed by atoms with Gasteiger partial charge in [-0.25, -0.2) is 0 Å². The van der Waals surface area contributed by atoms with E-state index in [1.807, 2.05) is 25.1 Å². The van der Waals surface area contributed by atoms with Crippen LogP contribution in [-0.4, -0.2) is 23.7 Å². The van der Waals surface area contributed by atoms with Gasteiger partial charge in [0.25, 0.3) is 5.91 Å². The predicted molar refractivity (Wildman–Crippen MR) is 91.3 cm³/mol. The summed E-state index contributed by atoms with van der Waals surface area (Å²) in [6.07, 6.45) is 1.66. The molecule has 0 fully saturated rings. The maximum atomic E-state index is 12.3. The Kier molecular flexibility index (Phi) is 5.56. The molecule has 0 aliphatic rings. The molecule has 0 heterocycles. The van der Waals surface area contributed by atoms with Crippen molar-refractivity contribution in [3.05, 3.63) is 47.5 Å². The van der Waals surface area contributed by atoms with E-state index in [1.54, 1.807) is 0 Å². The highest BCUT2D eigenvalue weighted by Gasteiger charge is 2.12. The number of fused-ring (bicyclic) bond motifs is 1. The first-order valence-corrected chi connectivity index (χ1v) is 8.01. The van der Waals surface area contributed by atoms with Crippen LogP contribution in [0.15, 0.2) is 36.4 Å². The van der Waals surface area contributed by atoms with E-state index in [9.17, 15) is 4.79 Å². The molecule has 0 saturated carbocycles. The second-order valence-corrected chi connectivity index (χ2v) is 5.98. The summed E-state index contributed by atoms with van der Waals surface area (Å²) < 4.78 is 0. The fourth-order valence-corrected chi connectivity index (χ4v) is 2.67. The van der Waals surface area contributed by atoms with Crippen LogP contribution in [-0.2, 0) is 0 Å². The van der Waals surface area contributed by atoms with E-state index in [2.05, 4.69) is 37.4 Å². The molecule has 3 nitrogen and oxygen atoms in total. The molecule has 2 aromatic rings. The molecule has 3 heteroatoms. The van der Waals surface area contributed by atoms with Crippen LogP contribution in [0.1, 0.15) is 55.5 Å². The maximum absolute atomic E-state index is 12.3. The Morgan fingerprint density at radius 1 is 1.23 bits per heavy atom. The number of carbonyl (C=O) groups excluding carboxylic acids is 1. The highest BCUT2D eigenvalue weighted by Crippen LogP contribution is 2.28. The molecule has 118 valence electrons. The van der Waals surface area contributed by atoms with Gasteiger partial charge in [-0.05, 0) is 54.2 Å². The van der Waals surface area contributed by atoms with Gasteiger partial charge in [0, 0.05) is 18.2 Å². The molecule has 0 aliphatic heterocycles. The molecule has 0 bridgehead atoms. The van der Waals surface area contributed by atoms with E-state index in [0.717, 1.165) is 11.8 Å². The first-order valence-electron chi connectivity index (χ1n) is 8.01. The van der Waals surface area contributed by atoms with Crippen LogP contribution in [0.5, 0.6) is 0 Å². The summed E-state index contributed by atoms with van der Waals surface area (Å²) in [4.78, 5) is 12.3. The van der Waals surface area contributed by atoms with E-state index in [0.29, 0.717) is 17.9 Å². The van der Waals surface area contributed by atoms with E-state index in [1.165, 1.54) is 10.9 Å². The van der Waals surface area contributed by atoms with Crippen molar-refractivity contribution in [2.24, 2.45) is 0 Å². The molecule has 2 unspecified atom stereocenters. The first-order chi connectivity index (χ1) is 10.6. The van der Waals surface area contributed by atoms with E-state index in [4.69, 9.17) is 5.11 Å². The maximum Gasteiger partial charge on any atom is 0.251 e. The third-order valence-corrected chi connectivity index (χ3v) is 4.26. The van der Waals surface area contributed by atoms with Gasteiger partial charge in [0.15, 0.2) is 0 Å². The molecule has 2 atom stereocenters. The van der Waals surface area contributed by atoms with Crippen molar-refractivity contribution in [2.75, 3.05) is 6.61 Å². The number of amides is 1. The van der Waals surface area contributed by atoms with E-state index >= 15 is 0 Å². The van der Waals surface area contributed by atoms with Crippen LogP contribution >= 0.6 is 0 Å². The van der Waals surface area contributed by atoms with Gasteiger partial charge in [-0.2, -0.15) is 0 Å². The second kappa shape index (κ2) is 7.41. The zero-order valence-electron chi connectivity index (χ0n) is 13.6.